The summed E-state index contributed by atoms with van der Waals surface area (Å²) in [5.41, 5.74) is 1.67. The van der Waals surface area contributed by atoms with E-state index in [2.05, 4.69) is 24.0 Å². The van der Waals surface area contributed by atoms with Crippen LogP contribution >= 0.6 is 0 Å². The van der Waals surface area contributed by atoms with Crippen molar-refractivity contribution in [2.45, 2.75) is 44.8 Å². The first kappa shape index (κ1) is 18.8. The molecule has 25 heavy (non-hydrogen) atoms. The van der Waals surface area contributed by atoms with Gasteiger partial charge in [-0.25, -0.2) is 4.79 Å². The number of allylic oxidation sites excluding steroid dienone is 1. The summed E-state index contributed by atoms with van der Waals surface area (Å²) in [7, 11) is 0. The Hall–Kier alpha value is -2.55. The molecule has 3 heteroatoms. The largest absolute Gasteiger partial charge is 0.444 e. The summed E-state index contributed by atoms with van der Waals surface area (Å²) in [4.78, 5) is 12.4. The number of hydrogen-bond donors (Lipinski definition) is 1. The van der Waals surface area contributed by atoms with Crippen LogP contribution in [0.4, 0.5) is 4.79 Å². The van der Waals surface area contributed by atoms with Crippen molar-refractivity contribution in [1.82, 2.24) is 5.32 Å². The zero-order chi connectivity index (χ0) is 18.3. The number of carbonyl (C=O) groups excluding carboxylic acids is 1. The molecule has 0 aliphatic heterocycles. The first-order valence-corrected chi connectivity index (χ1v) is 8.61. The van der Waals surface area contributed by atoms with E-state index in [9.17, 15) is 4.79 Å². The van der Waals surface area contributed by atoms with E-state index < -0.39 is 11.7 Å². The number of hydrogen-bond acceptors (Lipinski definition) is 2. The van der Waals surface area contributed by atoms with Crippen molar-refractivity contribution in [3.63, 3.8) is 0 Å². The van der Waals surface area contributed by atoms with Gasteiger partial charge in [0.05, 0.1) is 6.04 Å². The molecule has 0 aromatic heterocycles. The minimum atomic E-state index is -0.536. The molecule has 0 aliphatic rings. The summed E-state index contributed by atoms with van der Waals surface area (Å²) in [5, 5.41) is 3.06. The van der Waals surface area contributed by atoms with Gasteiger partial charge in [-0.05, 0) is 38.3 Å². The fraction of sp³-hybridized carbons (Fsp3) is 0.318. The Morgan fingerprint density at radius 2 is 1.56 bits per heavy atom. The normalized spacial score (nSPS) is 13.6. The summed E-state index contributed by atoms with van der Waals surface area (Å²) < 4.78 is 5.48. The van der Waals surface area contributed by atoms with Gasteiger partial charge in [0.2, 0.25) is 0 Å². The van der Waals surface area contributed by atoms with Gasteiger partial charge in [0, 0.05) is 5.92 Å². The summed E-state index contributed by atoms with van der Waals surface area (Å²) >= 11 is 0. The SMILES string of the molecule is C=CCC(c1ccccc1)C(NC(=O)OC(C)(C)C)c1ccccc1. The van der Waals surface area contributed by atoms with Gasteiger partial charge in [-0.15, -0.1) is 6.58 Å². The Morgan fingerprint density at radius 3 is 2.04 bits per heavy atom. The van der Waals surface area contributed by atoms with Crippen molar-refractivity contribution in [2.24, 2.45) is 0 Å². The number of nitrogens with one attached hydrogen (secondary N) is 1. The Kier molecular flexibility index (Phi) is 6.40. The molecule has 1 amide bonds. The predicted molar refractivity (Wildman–Crippen MR) is 103 cm³/mol. The second-order valence-electron chi connectivity index (χ2n) is 7.08. The Labute approximate surface area is 150 Å². The van der Waals surface area contributed by atoms with E-state index in [0.29, 0.717) is 0 Å². The lowest BCUT2D eigenvalue weighted by Gasteiger charge is -2.30. The first-order chi connectivity index (χ1) is 11.9. The van der Waals surface area contributed by atoms with Crippen LogP contribution < -0.4 is 5.32 Å². The lowest BCUT2D eigenvalue weighted by Crippen LogP contribution is -2.37. The van der Waals surface area contributed by atoms with Gasteiger partial charge in [0.15, 0.2) is 0 Å². The van der Waals surface area contributed by atoms with Crippen LogP contribution in [-0.4, -0.2) is 11.7 Å². The van der Waals surface area contributed by atoms with Gasteiger partial charge < -0.3 is 10.1 Å². The monoisotopic (exact) mass is 337 g/mol. The summed E-state index contributed by atoms with van der Waals surface area (Å²) in [5.74, 6) is 0.0774. The molecule has 0 bridgehead atoms. The van der Waals surface area contributed by atoms with Crippen LogP contribution in [0.1, 0.15) is 50.3 Å². The number of rotatable bonds is 6. The predicted octanol–water partition coefficient (Wildman–Crippen LogP) is 5.61. The first-order valence-electron chi connectivity index (χ1n) is 8.61. The van der Waals surface area contributed by atoms with Crippen molar-refractivity contribution < 1.29 is 9.53 Å². The lowest BCUT2D eigenvalue weighted by atomic mass is 9.84. The summed E-state index contributed by atoms with van der Waals surface area (Å²) in [6.45, 7) is 9.49. The van der Waals surface area contributed by atoms with E-state index in [1.165, 1.54) is 0 Å². The number of benzene rings is 2. The molecule has 1 N–H and O–H groups in total. The Morgan fingerprint density at radius 1 is 1.04 bits per heavy atom. The lowest BCUT2D eigenvalue weighted by molar-refractivity contribution is 0.0495. The van der Waals surface area contributed by atoms with Gasteiger partial charge >= 0.3 is 6.09 Å². The highest BCUT2D eigenvalue weighted by atomic mass is 16.6. The van der Waals surface area contributed by atoms with Crippen molar-refractivity contribution in [2.75, 3.05) is 0 Å². The molecule has 3 nitrogen and oxygen atoms in total. The molecule has 0 saturated heterocycles. The fourth-order valence-electron chi connectivity index (χ4n) is 2.86. The van der Waals surface area contributed by atoms with E-state index in [0.717, 1.165) is 17.5 Å². The molecule has 132 valence electrons. The molecule has 2 unspecified atom stereocenters. The van der Waals surface area contributed by atoms with Crippen molar-refractivity contribution >= 4 is 6.09 Å². The van der Waals surface area contributed by atoms with Crippen molar-refractivity contribution in [3.05, 3.63) is 84.4 Å². The Bertz CT molecular complexity index is 674. The van der Waals surface area contributed by atoms with E-state index in [4.69, 9.17) is 4.74 Å². The highest BCUT2D eigenvalue weighted by molar-refractivity contribution is 5.68. The third-order valence-electron chi connectivity index (χ3n) is 3.88. The van der Waals surface area contributed by atoms with Crippen LogP contribution in [0, 0.1) is 0 Å². The molecule has 2 atom stereocenters. The molecule has 0 heterocycles. The van der Waals surface area contributed by atoms with E-state index in [-0.39, 0.29) is 12.0 Å². The molecule has 0 aliphatic carbocycles. The average molecular weight is 337 g/mol. The highest BCUT2D eigenvalue weighted by Gasteiger charge is 2.27. The van der Waals surface area contributed by atoms with Gasteiger partial charge in [-0.2, -0.15) is 0 Å². The van der Waals surface area contributed by atoms with Crippen LogP contribution in [0.5, 0.6) is 0 Å². The minimum Gasteiger partial charge on any atom is -0.444 e. The number of ether oxygens (including phenoxy) is 1. The Balaban J connectivity index is 2.35. The van der Waals surface area contributed by atoms with Crippen LogP contribution in [0.3, 0.4) is 0 Å². The second-order valence-corrected chi connectivity index (χ2v) is 7.08. The molecule has 2 rings (SSSR count). The number of carbonyl (C=O) groups is 1. The van der Waals surface area contributed by atoms with E-state index >= 15 is 0 Å². The quantitative estimate of drug-likeness (QED) is 0.696. The molecule has 0 saturated carbocycles. The summed E-state index contributed by atoms with van der Waals surface area (Å²) in [6, 6.07) is 20.0. The average Bonchev–Trinajstić information content (AvgIpc) is 2.58. The maximum atomic E-state index is 12.4. The van der Waals surface area contributed by atoms with Crippen molar-refractivity contribution in [1.29, 1.82) is 0 Å². The van der Waals surface area contributed by atoms with Crippen LogP contribution in [0.15, 0.2) is 73.3 Å². The van der Waals surface area contributed by atoms with Gasteiger partial charge in [-0.1, -0.05) is 66.7 Å². The van der Waals surface area contributed by atoms with Crippen LogP contribution in [-0.2, 0) is 4.74 Å². The molecule has 0 radical (unpaired) electrons. The smallest absolute Gasteiger partial charge is 0.408 e. The van der Waals surface area contributed by atoms with Gasteiger partial charge in [-0.3, -0.25) is 0 Å². The molecular formula is C22H27NO2. The maximum Gasteiger partial charge on any atom is 0.408 e. The molecule has 0 spiro atoms. The van der Waals surface area contributed by atoms with Crippen LogP contribution in [0.25, 0.3) is 0 Å². The topological polar surface area (TPSA) is 38.3 Å². The zero-order valence-electron chi connectivity index (χ0n) is 15.2. The van der Waals surface area contributed by atoms with E-state index in [1.807, 2.05) is 75.4 Å². The fourth-order valence-corrected chi connectivity index (χ4v) is 2.86. The molecule has 2 aromatic carbocycles. The number of amides is 1. The molecule has 0 fully saturated rings. The van der Waals surface area contributed by atoms with Gasteiger partial charge in [0.1, 0.15) is 5.60 Å². The number of alkyl carbamates (subject to hydrolysis) is 1. The standard InChI is InChI=1S/C22H27NO2/c1-5-12-19(17-13-8-6-9-14-17)20(18-15-10-7-11-16-18)23-21(24)25-22(2,3)4/h5-11,13-16,19-20H,1,12H2,2-4H3,(H,23,24). The van der Waals surface area contributed by atoms with Crippen molar-refractivity contribution in [3.8, 4) is 0 Å². The minimum absolute atomic E-state index is 0.0774. The van der Waals surface area contributed by atoms with Crippen LogP contribution in [0.2, 0.25) is 0 Å². The highest BCUT2D eigenvalue weighted by Crippen LogP contribution is 2.34. The zero-order valence-corrected chi connectivity index (χ0v) is 15.2. The second kappa shape index (κ2) is 8.52. The van der Waals surface area contributed by atoms with E-state index in [1.54, 1.807) is 0 Å². The maximum absolute atomic E-state index is 12.4. The van der Waals surface area contributed by atoms with Gasteiger partial charge in [0.25, 0.3) is 0 Å². The molecular weight excluding hydrogens is 310 g/mol. The third-order valence-corrected chi connectivity index (χ3v) is 3.88. The third kappa shape index (κ3) is 5.79. The summed E-state index contributed by atoms with van der Waals surface area (Å²) in [6.07, 6.45) is 2.23. The molecule has 2 aromatic rings.